The molecule has 1 aliphatic carbocycles. The molecule has 0 bridgehead atoms. The molecule has 2 aromatic rings. The van der Waals surface area contributed by atoms with Crippen LogP contribution < -0.4 is 10.6 Å². The second-order valence-corrected chi connectivity index (χ2v) is 5.65. The first kappa shape index (κ1) is 13.7. The largest absolute Gasteiger partial charge is 0.378 e. The Morgan fingerprint density at radius 1 is 1.19 bits per heavy atom. The van der Waals surface area contributed by atoms with Gasteiger partial charge >= 0.3 is 0 Å². The maximum absolute atomic E-state index is 11.2. The van der Waals surface area contributed by atoms with E-state index >= 15 is 0 Å². The predicted octanol–water partition coefficient (Wildman–Crippen LogP) is 4.05. The number of benzene rings is 2. The Kier molecular flexibility index (Phi) is 3.65. The summed E-state index contributed by atoms with van der Waals surface area (Å²) in [6.07, 6.45) is 2.24. The Morgan fingerprint density at radius 2 is 2.00 bits per heavy atom. The third-order valence-corrected chi connectivity index (χ3v) is 4.02. The fourth-order valence-corrected chi connectivity index (χ4v) is 2.95. The van der Waals surface area contributed by atoms with Gasteiger partial charge in [-0.25, -0.2) is 0 Å². The highest BCUT2D eigenvalue weighted by Gasteiger charge is 2.22. The van der Waals surface area contributed by atoms with Gasteiger partial charge in [0.15, 0.2) is 0 Å². The molecule has 2 N–H and O–H groups in total. The number of nitrogens with one attached hydrogen (secondary N) is 2. The van der Waals surface area contributed by atoms with Gasteiger partial charge in [0, 0.05) is 18.3 Å². The van der Waals surface area contributed by atoms with Crippen molar-refractivity contribution in [2.24, 2.45) is 0 Å². The quantitative estimate of drug-likeness (QED) is 0.890. The highest BCUT2D eigenvalue weighted by atomic mass is 16.1. The first-order chi connectivity index (χ1) is 10.1. The highest BCUT2D eigenvalue weighted by molar-refractivity contribution is 5.89. The Hall–Kier alpha value is -2.29. The molecule has 1 atom stereocenters. The number of rotatable bonds is 3. The summed E-state index contributed by atoms with van der Waals surface area (Å²) >= 11 is 0. The van der Waals surface area contributed by atoms with Crippen LogP contribution in [0.25, 0.3) is 0 Å². The topological polar surface area (TPSA) is 41.1 Å². The van der Waals surface area contributed by atoms with Crippen LogP contribution in [-0.4, -0.2) is 5.91 Å². The minimum Gasteiger partial charge on any atom is -0.378 e. The smallest absolute Gasteiger partial charge is 0.221 e. The van der Waals surface area contributed by atoms with E-state index in [2.05, 4.69) is 41.8 Å². The van der Waals surface area contributed by atoms with Crippen LogP contribution in [0.2, 0.25) is 0 Å². The average molecular weight is 280 g/mol. The lowest BCUT2D eigenvalue weighted by Crippen LogP contribution is -2.10. The molecule has 21 heavy (non-hydrogen) atoms. The second kappa shape index (κ2) is 5.60. The van der Waals surface area contributed by atoms with Gasteiger partial charge in [-0.1, -0.05) is 30.3 Å². The van der Waals surface area contributed by atoms with E-state index in [1.54, 1.807) is 0 Å². The Labute approximate surface area is 125 Å². The molecule has 0 saturated carbocycles. The fraction of sp³-hybridized carbons (Fsp3) is 0.278. The lowest BCUT2D eigenvalue weighted by atomic mass is 10.1. The third-order valence-electron chi connectivity index (χ3n) is 4.02. The molecule has 0 aliphatic heterocycles. The second-order valence-electron chi connectivity index (χ2n) is 5.65. The molecule has 0 radical (unpaired) electrons. The van der Waals surface area contributed by atoms with E-state index in [4.69, 9.17) is 0 Å². The summed E-state index contributed by atoms with van der Waals surface area (Å²) in [6, 6.07) is 14.9. The molecule has 1 aliphatic rings. The number of fused-ring (bicyclic) bond motifs is 1. The molecule has 3 nitrogen and oxygen atoms in total. The zero-order valence-corrected chi connectivity index (χ0v) is 12.4. The fourth-order valence-electron chi connectivity index (χ4n) is 2.95. The van der Waals surface area contributed by atoms with Crippen LogP contribution in [0.15, 0.2) is 42.5 Å². The van der Waals surface area contributed by atoms with Gasteiger partial charge in [0.05, 0.1) is 6.04 Å². The molecular formula is C18H20N2O. The standard InChI is InChI=1S/C18H20N2O/c1-12-7-9-15(19-13(2)21)11-18(12)20-17-10-8-14-5-3-4-6-16(14)17/h3-7,9,11,17,20H,8,10H2,1-2H3,(H,19,21). The summed E-state index contributed by atoms with van der Waals surface area (Å²) in [6.45, 7) is 3.61. The van der Waals surface area contributed by atoms with E-state index in [9.17, 15) is 4.79 Å². The van der Waals surface area contributed by atoms with Crippen molar-refractivity contribution in [3.63, 3.8) is 0 Å². The van der Waals surface area contributed by atoms with Gasteiger partial charge in [0.1, 0.15) is 0 Å². The minimum atomic E-state index is -0.0454. The Bertz CT molecular complexity index is 679. The summed E-state index contributed by atoms with van der Waals surface area (Å²) in [7, 11) is 0. The minimum absolute atomic E-state index is 0.0454. The zero-order chi connectivity index (χ0) is 14.8. The van der Waals surface area contributed by atoms with Crippen molar-refractivity contribution < 1.29 is 4.79 Å². The van der Waals surface area contributed by atoms with E-state index in [0.29, 0.717) is 6.04 Å². The monoisotopic (exact) mass is 280 g/mol. The third kappa shape index (κ3) is 2.92. The van der Waals surface area contributed by atoms with Gasteiger partial charge in [-0.05, 0) is 48.6 Å². The molecular weight excluding hydrogens is 260 g/mol. The van der Waals surface area contributed by atoms with E-state index < -0.39 is 0 Å². The molecule has 0 aromatic heterocycles. The average Bonchev–Trinajstić information content (AvgIpc) is 2.85. The molecule has 3 rings (SSSR count). The lowest BCUT2D eigenvalue weighted by Gasteiger charge is -2.18. The summed E-state index contributed by atoms with van der Waals surface area (Å²) in [4.78, 5) is 11.2. The van der Waals surface area contributed by atoms with Crippen molar-refractivity contribution in [1.82, 2.24) is 0 Å². The van der Waals surface area contributed by atoms with Crippen molar-refractivity contribution in [3.05, 3.63) is 59.2 Å². The van der Waals surface area contributed by atoms with E-state index in [1.807, 2.05) is 18.2 Å². The number of hydrogen-bond acceptors (Lipinski definition) is 2. The van der Waals surface area contributed by atoms with Crippen LogP contribution in [0.1, 0.15) is 36.1 Å². The molecule has 0 fully saturated rings. The molecule has 2 aromatic carbocycles. The number of amides is 1. The van der Waals surface area contributed by atoms with Gasteiger partial charge < -0.3 is 10.6 Å². The molecule has 0 heterocycles. The number of carbonyl (C=O) groups excluding carboxylic acids is 1. The Morgan fingerprint density at radius 3 is 2.81 bits per heavy atom. The molecule has 1 unspecified atom stereocenters. The number of hydrogen-bond donors (Lipinski definition) is 2. The predicted molar refractivity (Wildman–Crippen MR) is 86.6 cm³/mol. The maximum atomic E-state index is 11.2. The van der Waals surface area contributed by atoms with Gasteiger partial charge in [-0.3, -0.25) is 4.79 Å². The van der Waals surface area contributed by atoms with Crippen LogP contribution in [-0.2, 0) is 11.2 Å². The van der Waals surface area contributed by atoms with Crippen LogP contribution in [0, 0.1) is 6.92 Å². The summed E-state index contributed by atoms with van der Waals surface area (Å²) in [5.74, 6) is -0.0454. The van der Waals surface area contributed by atoms with Gasteiger partial charge in [0.25, 0.3) is 0 Å². The highest BCUT2D eigenvalue weighted by Crippen LogP contribution is 2.35. The number of aryl methyl sites for hydroxylation is 2. The summed E-state index contributed by atoms with van der Waals surface area (Å²) in [5.41, 5.74) is 5.94. The van der Waals surface area contributed by atoms with Crippen molar-refractivity contribution in [3.8, 4) is 0 Å². The van der Waals surface area contributed by atoms with Gasteiger partial charge in [0.2, 0.25) is 5.91 Å². The van der Waals surface area contributed by atoms with Crippen molar-refractivity contribution in [2.45, 2.75) is 32.7 Å². The first-order valence-corrected chi connectivity index (χ1v) is 7.36. The van der Waals surface area contributed by atoms with Crippen LogP contribution in [0.5, 0.6) is 0 Å². The van der Waals surface area contributed by atoms with Gasteiger partial charge in [-0.15, -0.1) is 0 Å². The molecule has 3 heteroatoms. The van der Waals surface area contributed by atoms with E-state index in [-0.39, 0.29) is 5.91 Å². The van der Waals surface area contributed by atoms with Crippen LogP contribution >= 0.6 is 0 Å². The molecule has 0 spiro atoms. The summed E-state index contributed by atoms with van der Waals surface area (Å²) < 4.78 is 0. The van der Waals surface area contributed by atoms with Crippen molar-refractivity contribution in [2.75, 3.05) is 10.6 Å². The van der Waals surface area contributed by atoms with Crippen LogP contribution in [0.3, 0.4) is 0 Å². The van der Waals surface area contributed by atoms with E-state index in [0.717, 1.165) is 24.2 Å². The summed E-state index contributed by atoms with van der Waals surface area (Å²) in [5, 5.41) is 6.47. The lowest BCUT2D eigenvalue weighted by molar-refractivity contribution is -0.114. The Balaban J connectivity index is 1.84. The molecule has 0 saturated heterocycles. The molecule has 1 amide bonds. The maximum Gasteiger partial charge on any atom is 0.221 e. The van der Waals surface area contributed by atoms with Crippen LogP contribution in [0.4, 0.5) is 11.4 Å². The number of carbonyl (C=O) groups is 1. The SMILES string of the molecule is CC(=O)Nc1ccc(C)c(NC2CCc3ccccc32)c1. The zero-order valence-electron chi connectivity index (χ0n) is 12.4. The normalized spacial score (nSPS) is 16.4. The first-order valence-electron chi connectivity index (χ1n) is 7.36. The number of anilines is 2. The van der Waals surface area contributed by atoms with Gasteiger partial charge in [-0.2, -0.15) is 0 Å². The molecule has 108 valence electrons. The van der Waals surface area contributed by atoms with Crippen molar-refractivity contribution >= 4 is 17.3 Å². The van der Waals surface area contributed by atoms with Crippen molar-refractivity contribution in [1.29, 1.82) is 0 Å². The van der Waals surface area contributed by atoms with E-state index in [1.165, 1.54) is 23.6 Å².